The third-order valence-electron chi connectivity index (χ3n) is 3.68. The van der Waals surface area contributed by atoms with Crippen molar-refractivity contribution in [2.24, 2.45) is 0 Å². The maximum absolute atomic E-state index is 12.6. The van der Waals surface area contributed by atoms with Crippen LogP contribution >= 0.6 is 34.8 Å². The van der Waals surface area contributed by atoms with E-state index in [4.69, 9.17) is 34.8 Å². The molecule has 0 spiro atoms. The van der Waals surface area contributed by atoms with E-state index < -0.39 is 15.9 Å². The molecule has 28 heavy (non-hydrogen) atoms. The van der Waals surface area contributed by atoms with E-state index >= 15 is 0 Å². The van der Waals surface area contributed by atoms with Gasteiger partial charge in [-0.2, -0.15) is 0 Å². The largest absolute Gasteiger partial charge is 0.321 e. The van der Waals surface area contributed by atoms with Crippen LogP contribution in [-0.4, -0.2) is 14.3 Å². The van der Waals surface area contributed by atoms with Gasteiger partial charge < -0.3 is 5.32 Å². The van der Waals surface area contributed by atoms with Gasteiger partial charge >= 0.3 is 0 Å². The molecule has 3 aromatic carbocycles. The number of para-hydroxylation sites is 1. The summed E-state index contributed by atoms with van der Waals surface area (Å²) in [6, 6.07) is 17.0. The van der Waals surface area contributed by atoms with Crippen molar-refractivity contribution in [1.29, 1.82) is 0 Å². The first-order chi connectivity index (χ1) is 13.3. The molecular formula is C19H13Cl3N2O3S. The lowest BCUT2D eigenvalue weighted by Gasteiger charge is -2.11. The van der Waals surface area contributed by atoms with Gasteiger partial charge in [-0.25, -0.2) is 8.42 Å². The molecular weight excluding hydrogens is 443 g/mol. The summed E-state index contributed by atoms with van der Waals surface area (Å²) in [5, 5.41) is 3.34. The fourth-order valence-corrected chi connectivity index (χ4v) is 4.37. The highest BCUT2D eigenvalue weighted by molar-refractivity contribution is 7.92. The minimum absolute atomic E-state index is 0.0320. The van der Waals surface area contributed by atoms with Gasteiger partial charge in [0.05, 0.1) is 15.7 Å². The van der Waals surface area contributed by atoms with Gasteiger partial charge in [-0.1, -0.05) is 53.0 Å². The van der Waals surface area contributed by atoms with E-state index in [1.807, 2.05) is 0 Å². The summed E-state index contributed by atoms with van der Waals surface area (Å²) in [5.41, 5.74) is 0.894. The number of hydrogen-bond acceptors (Lipinski definition) is 3. The molecule has 3 aromatic rings. The quantitative estimate of drug-likeness (QED) is 0.518. The Labute approximate surface area is 177 Å². The summed E-state index contributed by atoms with van der Waals surface area (Å²) < 4.78 is 27.6. The number of rotatable bonds is 5. The van der Waals surface area contributed by atoms with E-state index in [0.717, 1.165) is 0 Å². The first-order valence-electron chi connectivity index (χ1n) is 7.90. The molecule has 144 valence electrons. The fourth-order valence-electron chi connectivity index (χ4n) is 2.37. The zero-order valence-electron chi connectivity index (χ0n) is 14.1. The number of benzene rings is 3. The molecule has 5 nitrogen and oxygen atoms in total. The van der Waals surface area contributed by atoms with Crippen molar-refractivity contribution in [3.05, 3.63) is 87.4 Å². The molecule has 9 heteroatoms. The maximum Gasteiger partial charge on any atom is 0.263 e. The molecule has 0 radical (unpaired) electrons. The Bertz CT molecular complexity index is 1150. The number of carbonyl (C=O) groups excluding carboxylic acids is 1. The highest BCUT2D eigenvalue weighted by atomic mass is 35.5. The highest BCUT2D eigenvalue weighted by Gasteiger charge is 2.19. The van der Waals surface area contributed by atoms with Crippen molar-refractivity contribution < 1.29 is 13.2 Å². The van der Waals surface area contributed by atoms with Crippen LogP contribution in [0.25, 0.3) is 0 Å². The van der Waals surface area contributed by atoms with E-state index in [1.54, 1.807) is 36.4 Å². The van der Waals surface area contributed by atoms with Crippen LogP contribution in [0.1, 0.15) is 10.4 Å². The minimum atomic E-state index is -3.99. The number of carbonyl (C=O) groups is 1. The van der Waals surface area contributed by atoms with Gasteiger partial charge in [0.1, 0.15) is 4.90 Å². The SMILES string of the molecule is O=C(Nc1ccccc1Cl)c1cccc(NS(=O)(=O)c2cc(Cl)ccc2Cl)c1. The molecule has 0 aromatic heterocycles. The second-order valence-corrected chi connectivity index (χ2v) is 8.60. The Kier molecular flexibility index (Phi) is 6.15. The second-order valence-electron chi connectivity index (χ2n) is 5.70. The van der Waals surface area contributed by atoms with Crippen LogP contribution in [0.2, 0.25) is 15.1 Å². The summed E-state index contributed by atoms with van der Waals surface area (Å²) in [4.78, 5) is 12.3. The zero-order chi connectivity index (χ0) is 20.3. The predicted molar refractivity (Wildman–Crippen MR) is 113 cm³/mol. The predicted octanol–water partition coefficient (Wildman–Crippen LogP) is 5.70. The van der Waals surface area contributed by atoms with Gasteiger partial charge in [0, 0.05) is 16.3 Å². The molecule has 0 atom stereocenters. The Morgan fingerprint density at radius 1 is 0.821 bits per heavy atom. The van der Waals surface area contributed by atoms with Crippen LogP contribution in [0.15, 0.2) is 71.6 Å². The smallest absolute Gasteiger partial charge is 0.263 e. The third kappa shape index (κ3) is 4.77. The molecule has 0 saturated carbocycles. The van der Waals surface area contributed by atoms with Gasteiger partial charge in [0.2, 0.25) is 0 Å². The van der Waals surface area contributed by atoms with Crippen LogP contribution in [0.5, 0.6) is 0 Å². The molecule has 0 aliphatic carbocycles. The van der Waals surface area contributed by atoms with Gasteiger partial charge in [0.15, 0.2) is 0 Å². The second kappa shape index (κ2) is 8.41. The fraction of sp³-hybridized carbons (Fsp3) is 0. The van der Waals surface area contributed by atoms with Crippen LogP contribution < -0.4 is 10.0 Å². The van der Waals surface area contributed by atoms with Crippen LogP contribution in [-0.2, 0) is 10.0 Å². The molecule has 2 N–H and O–H groups in total. The van der Waals surface area contributed by atoms with Crippen molar-refractivity contribution in [2.45, 2.75) is 4.90 Å². The van der Waals surface area contributed by atoms with Gasteiger partial charge in [0.25, 0.3) is 15.9 Å². The molecule has 3 rings (SSSR count). The van der Waals surface area contributed by atoms with E-state index in [0.29, 0.717) is 10.7 Å². The Hall–Kier alpha value is -2.25. The Morgan fingerprint density at radius 2 is 1.57 bits per heavy atom. The number of sulfonamides is 1. The molecule has 0 unspecified atom stereocenters. The molecule has 0 aliphatic heterocycles. The standard InChI is InChI=1S/C19H13Cl3N2O3S/c20-13-8-9-16(22)18(11-13)28(26,27)24-14-5-3-4-12(10-14)19(25)23-17-7-2-1-6-15(17)21/h1-11,24H,(H,23,25). The summed E-state index contributed by atoms with van der Waals surface area (Å²) in [7, 11) is -3.99. The number of hydrogen-bond donors (Lipinski definition) is 2. The average Bonchev–Trinajstić information content (AvgIpc) is 2.65. The lowest BCUT2D eigenvalue weighted by molar-refractivity contribution is 0.102. The highest BCUT2D eigenvalue weighted by Crippen LogP contribution is 2.27. The van der Waals surface area contributed by atoms with E-state index in [-0.39, 0.29) is 26.2 Å². The maximum atomic E-state index is 12.6. The summed E-state index contributed by atoms with van der Waals surface area (Å²) in [5.74, 6) is -0.435. The normalized spacial score (nSPS) is 11.1. The van der Waals surface area contributed by atoms with Gasteiger partial charge in [-0.3, -0.25) is 9.52 Å². The van der Waals surface area contributed by atoms with Gasteiger partial charge in [-0.05, 0) is 48.5 Å². The van der Waals surface area contributed by atoms with E-state index in [9.17, 15) is 13.2 Å². The first kappa shape index (κ1) is 20.5. The zero-order valence-corrected chi connectivity index (χ0v) is 17.2. The molecule has 0 heterocycles. The number of amides is 1. The molecule has 0 aliphatic rings. The molecule has 1 amide bonds. The van der Waals surface area contributed by atoms with Crippen molar-refractivity contribution >= 4 is 62.1 Å². The average molecular weight is 456 g/mol. The monoisotopic (exact) mass is 454 g/mol. The van der Waals surface area contributed by atoms with Crippen molar-refractivity contribution in [1.82, 2.24) is 0 Å². The summed E-state index contributed by atoms with van der Waals surface area (Å²) in [6.45, 7) is 0. The van der Waals surface area contributed by atoms with E-state index in [2.05, 4.69) is 10.0 Å². The third-order valence-corrected chi connectivity index (χ3v) is 6.11. The van der Waals surface area contributed by atoms with Crippen LogP contribution in [0.3, 0.4) is 0 Å². The lowest BCUT2D eigenvalue weighted by atomic mass is 10.2. The Balaban J connectivity index is 1.84. The summed E-state index contributed by atoms with van der Waals surface area (Å²) >= 11 is 17.9. The molecule has 0 fully saturated rings. The molecule has 0 saturated heterocycles. The first-order valence-corrected chi connectivity index (χ1v) is 10.5. The van der Waals surface area contributed by atoms with E-state index in [1.165, 1.54) is 30.3 Å². The minimum Gasteiger partial charge on any atom is -0.321 e. The topological polar surface area (TPSA) is 75.3 Å². The van der Waals surface area contributed by atoms with Crippen LogP contribution in [0.4, 0.5) is 11.4 Å². The van der Waals surface area contributed by atoms with Crippen molar-refractivity contribution in [3.8, 4) is 0 Å². The lowest BCUT2D eigenvalue weighted by Crippen LogP contribution is -2.15. The number of halogens is 3. The number of anilines is 2. The van der Waals surface area contributed by atoms with Crippen molar-refractivity contribution in [2.75, 3.05) is 10.0 Å². The summed E-state index contributed by atoms with van der Waals surface area (Å²) in [6.07, 6.45) is 0. The van der Waals surface area contributed by atoms with Crippen LogP contribution in [0, 0.1) is 0 Å². The Morgan fingerprint density at radius 3 is 2.32 bits per heavy atom. The van der Waals surface area contributed by atoms with Crippen molar-refractivity contribution in [3.63, 3.8) is 0 Å². The number of nitrogens with one attached hydrogen (secondary N) is 2. The molecule has 0 bridgehead atoms. The van der Waals surface area contributed by atoms with Gasteiger partial charge in [-0.15, -0.1) is 0 Å².